The lowest BCUT2D eigenvalue weighted by Crippen LogP contribution is -2.26. The van der Waals surface area contributed by atoms with Crippen LogP contribution in [0.3, 0.4) is 0 Å². The van der Waals surface area contributed by atoms with Crippen molar-refractivity contribution in [1.29, 1.82) is 0 Å². The van der Waals surface area contributed by atoms with Gasteiger partial charge in [-0.25, -0.2) is 0 Å². The summed E-state index contributed by atoms with van der Waals surface area (Å²) >= 11 is 0. The number of benzene rings is 2. The smallest absolute Gasteiger partial charge is 0.118 e. The molecule has 0 spiro atoms. The molecule has 0 radical (unpaired) electrons. The molecule has 114 valence electrons. The molecular weight excluding hydrogens is 274 g/mol. The van der Waals surface area contributed by atoms with Crippen LogP contribution in [0.15, 0.2) is 54.6 Å². The monoisotopic (exact) mass is 295 g/mol. The van der Waals surface area contributed by atoms with Crippen LogP contribution in [0.4, 0.5) is 0 Å². The molecule has 0 aliphatic rings. The van der Waals surface area contributed by atoms with Gasteiger partial charge in [0.2, 0.25) is 0 Å². The van der Waals surface area contributed by atoms with E-state index < -0.39 is 0 Å². The lowest BCUT2D eigenvalue weighted by molar-refractivity contribution is 0.205. The van der Waals surface area contributed by atoms with E-state index in [1.165, 1.54) is 5.56 Å². The summed E-state index contributed by atoms with van der Waals surface area (Å²) < 4.78 is 5.13. The minimum atomic E-state index is 0.136. The van der Waals surface area contributed by atoms with E-state index in [0.717, 1.165) is 17.9 Å². The molecule has 0 amide bonds. The second kappa shape index (κ2) is 8.89. The lowest BCUT2D eigenvalue weighted by Gasteiger charge is -2.18. The highest BCUT2D eigenvalue weighted by molar-refractivity contribution is 5.38. The van der Waals surface area contributed by atoms with Crippen molar-refractivity contribution in [3.8, 4) is 17.6 Å². The Morgan fingerprint density at radius 1 is 1.05 bits per heavy atom. The van der Waals surface area contributed by atoms with Gasteiger partial charge >= 0.3 is 0 Å². The molecule has 0 aliphatic heterocycles. The fourth-order valence-electron chi connectivity index (χ4n) is 2.12. The van der Waals surface area contributed by atoms with Gasteiger partial charge in [-0.15, -0.1) is 0 Å². The molecular formula is C19H21NO2. The second-order valence-electron chi connectivity index (χ2n) is 4.95. The predicted octanol–water partition coefficient (Wildman–Crippen LogP) is 2.54. The molecule has 22 heavy (non-hydrogen) atoms. The molecule has 0 aromatic heterocycles. The van der Waals surface area contributed by atoms with Crippen LogP contribution >= 0.6 is 0 Å². The van der Waals surface area contributed by atoms with Gasteiger partial charge in [0, 0.05) is 18.7 Å². The van der Waals surface area contributed by atoms with E-state index in [9.17, 15) is 5.11 Å². The molecule has 0 bridgehead atoms. The first-order chi connectivity index (χ1) is 10.8. The van der Waals surface area contributed by atoms with Gasteiger partial charge in [0.05, 0.1) is 20.3 Å². The maximum atomic E-state index is 9.18. The zero-order chi connectivity index (χ0) is 15.6. The quantitative estimate of drug-likeness (QED) is 0.831. The number of methoxy groups -OCH3 is 1. The van der Waals surface area contributed by atoms with Crippen LogP contribution in [0.5, 0.6) is 5.75 Å². The van der Waals surface area contributed by atoms with E-state index in [1.807, 2.05) is 42.5 Å². The summed E-state index contributed by atoms with van der Waals surface area (Å²) in [5.41, 5.74) is 2.19. The van der Waals surface area contributed by atoms with E-state index in [-0.39, 0.29) is 6.61 Å². The van der Waals surface area contributed by atoms with Crippen LogP contribution in [0, 0.1) is 11.8 Å². The van der Waals surface area contributed by atoms with Gasteiger partial charge in [0.25, 0.3) is 0 Å². The van der Waals surface area contributed by atoms with Gasteiger partial charge < -0.3 is 9.84 Å². The molecule has 2 rings (SSSR count). The molecule has 0 saturated heterocycles. The third-order valence-corrected chi connectivity index (χ3v) is 3.29. The fourth-order valence-corrected chi connectivity index (χ4v) is 2.12. The fraction of sp³-hybridized carbons (Fsp3) is 0.263. The summed E-state index contributed by atoms with van der Waals surface area (Å²) in [4.78, 5) is 2.13. The average Bonchev–Trinajstić information content (AvgIpc) is 2.56. The number of ether oxygens (including phenoxy) is 1. The van der Waals surface area contributed by atoms with Gasteiger partial charge in [-0.2, -0.15) is 0 Å². The first kappa shape index (κ1) is 16.1. The Balaban J connectivity index is 1.95. The third kappa shape index (κ3) is 5.25. The van der Waals surface area contributed by atoms with Gasteiger partial charge in [-0.1, -0.05) is 42.2 Å². The summed E-state index contributed by atoms with van der Waals surface area (Å²) in [7, 11) is 1.65. The Morgan fingerprint density at radius 2 is 1.77 bits per heavy atom. The predicted molar refractivity (Wildman–Crippen MR) is 88.7 cm³/mol. The molecule has 3 heteroatoms. The number of aliphatic hydroxyl groups excluding tert-OH is 1. The summed E-state index contributed by atoms with van der Waals surface area (Å²) in [6.07, 6.45) is 0. The van der Waals surface area contributed by atoms with Crippen molar-refractivity contribution in [2.24, 2.45) is 0 Å². The molecule has 2 aromatic rings. The van der Waals surface area contributed by atoms with Gasteiger partial charge in [-0.3, -0.25) is 4.90 Å². The van der Waals surface area contributed by atoms with E-state index >= 15 is 0 Å². The molecule has 3 nitrogen and oxygen atoms in total. The Hall–Kier alpha value is -2.28. The van der Waals surface area contributed by atoms with Crippen molar-refractivity contribution in [3.05, 3.63) is 65.7 Å². The zero-order valence-corrected chi connectivity index (χ0v) is 12.8. The van der Waals surface area contributed by atoms with Crippen LogP contribution in [0.1, 0.15) is 11.1 Å². The largest absolute Gasteiger partial charge is 0.497 e. The van der Waals surface area contributed by atoms with Crippen molar-refractivity contribution in [2.75, 3.05) is 26.8 Å². The Morgan fingerprint density at radius 3 is 2.41 bits per heavy atom. The van der Waals surface area contributed by atoms with Crippen molar-refractivity contribution in [3.63, 3.8) is 0 Å². The Labute approximate surface area is 132 Å². The van der Waals surface area contributed by atoms with Crippen molar-refractivity contribution in [1.82, 2.24) is 4.90 Å². The van der Waals surface area contributed by atoms with Crippen LogP contribution in [-0.4, -0.2) is 36.8 Å². The minimum Gasteiger partial charge on any atom is -0.497 e. The summed E-state index contributed by atoms with van der Waals surface area (Å²) in [5.74, 6) is 7.14. The highest BCUT2D eigenvalue weighted by Gasteiger charge is 2.03. The minimum absolute atomic E-state index is 0.136. The molecule has 0 unspecified atom stereocenters. The van der Waals surface area contributed by atoms with E-state index in [2.05, 4.69) is 28.9 Å². The summed E-state index contributed by atoms with van der Waals surface area (Å²) in [6, 6.07) is 17.9. The highest BCUT2D eigenvalue weighted by Crippen LogP contribution is 2.10. The highest BCUT2D eigenvalue weighted by atomic mass is 16.5. The zero-order valence-electron chi connectivity index (χ0n) is 12.8. The SMILES string of the molecule is COc1ccc(C#CCN(CCO)Cc2ccccc2)cc1. The molecule has 2 aromatic carbocycles. The maximum Gasteiger partial charge on any atom is 0.118 e. The van der Waals surface area contributed by atoms with Gasteiger partial charge in [0.1, 0.15) is 5.75 Å². The van der Waals surface area contributed by atoms with E-state index in [4.69, 9.17) is 4.74 Å². The summed E-state index contributed by atoms with van der Waals surface area (Å²) in [6.45, 7) is 2.17. The topological polar surface area (TPSA) is 32.7 Å². The maximum absolute atomic E-state index is 9.18. The van der Waals surface area contributed by atoms with Crippen LogP contribution in [-0.2, 0) is 6.54 Å². The molecule has 0 atom stereocenters. The Bertz CT molecular complexity index is 611. The summed E-state index contributed by atoms with van der Waals surface area (Å²) in [5, 5.41) is 9.18. The standard InChI is InChI=1S/C19H21NO2/c1-22-19-11-9-17(10-12-19)8-5-13-20(14-15-21)16-18-6-3-2-4-7-18/h2-4,6-7,9-12,21H,13-16H2,1H3. The normalized spacial score (nSPS) is 10.1. The molecule has 0 saturated carbocycles. The first-order valence-electron chi connectivity index (χ1n) is 7.32. The number of hydrogen-bond acceptors (Lipinski definition) is 3. The van der Waals surface area contributed by atoms with Crippen LogP contribution < -0.4 is 4.74 Å². The molecule has 1 N–H and O–H groups in total. The van der Waals surface area contributed by atoms with Crippen LogP contribution in [0.2, 0.25) is 0 Å². The lowest BCUT2D eigenvalue weighted by atomic mass is 10.2. The van der Waals surface area contributed by atoms with Crippen molar-refractivity contribution in [2.45, 2.75) is 6.54 Å². The van der Waals surface area contributed by atoms with Gasteiger partial charge in [0.15, 0.2) is 0 Å². The second-order valence-corrected chi connectivity index (χ2v) is 4.95. The van der Waals surface area contributed by atoms with E-state index in [1.54, 1.807) is 7.11 Å². The molecule has 0 heterocycles. The Kier molecular flexibility index (Phi) is 6.50. The molecule has 0 aliphatic carbocycles. The number of hydrogen-bond donors (Lipinski definition) is 1. The average molecular weight is 295 g/mol. The van der Waals surface area contributed by atoms with Gasteiger partial charge in [-0.05, 0) is 29.8 Å². The number of aliphatic hydroxyl groups is 1. The van der Waals surface area contributed by atoms with Crippen molar-refractivity contribution >= 4 is 0 Å². The van der Waals surface area contributed by atoms with Crippen molar-refractivity contribution < 1.29 is 9.84 Å². The number of nitrogens with zero attached hydrogens (tertiary/aromatic N) is 1. The molecule has 0 fully saturated rings. The van der Waals surface area contributed by atoms with E-state index in [0.29, 0.717) is 13.1 Å². The van der Waals surface area contributed by atoms with Crippen LogP contribution in [0.25, 0.3) is 0 Å². The number of rotatable bonds is 6. The first-order valence-corrected chi connectivity index (χ1v) is 7.32. The third-order valence-electron chi connectivity index (χ3n) is 3.29.